The summed E-state index contributed by atoms with van der Waals surface area (Å²) in [6.45, 7) is 3.82. The summed E-state index contributed by atoms with van der Waals surface area (Å²) >= 11 is 0. The summed E-state index contributed by atoms with van der Waals surface area (Å²) < 4.78 is 0. The summed E-state index contributed by atoms with van der Waals surface area (Å²) in [5.41, 5.74) is 0. The van der Waals surface area contributed by atoms with Crippen LogP contribution < -0.4 is 5.32 Å². The van der Waals surface area contributed by atoms with Crippen LogP contribution in [0, 0.1) is 5.92 Å². The van der Waals surface area contributed by atoms with Gasteiger partial charge in [0.2, 0.25) is 0 Å². The van der Waals surface area contributed by atoms with E-state index in [9.17, 15) is 0 Å². The fourth-order valence-corrected chi connectivity index (χ4v) is 4.20. The van der Waals surface area contributed by atoms with E-state index in [1.165, 1.54) is 103 Å². The van der Waals surface area contributed by atoms with Gasteiger partial charge in [-0.3, -0.25) is 0 Å². The predicted octanol–water partition coefficient (Wildman–Crippen LogP) is 4.59. The molecule has 0 atom stereocenters. The molecule has 0 aromatic heterocycles. The molecule has 124 valence electrons. The highest BCUT2D eigenvalue weighted by Gasteiger charge is 2.20. The standard InChI is InChI=1S/C19H38N2/c1-21(17-18-13-15-20-16-14-18)19-11-9-7-5-3-2-4-6-8-10-12-19/h18-20H,2-17H2,1H3. The van der Waals surface area contributed by atoms with Crippen LogP contribution in [0.2, 0.25) is 0 Å². The first-order valence-corrected chi connectivity index (χ1v) is 9.77. The number of nitrogens with one attached hydrogen (secondary N) is 1. The molecule has 1 aliphatic carbocycles. The van der Waals surface area contributed by atoms with Crippen molar-refractivity contribution in [2.45, 2.75) is 89.5 Å². The molecule has 2 fully saturated rings. The Morgan fingerprint density at radius 3 is 1.71 bits per heavy atom. The van der Waals surface area contributed by atoms with E-state index in [4.69, 9.17) is 0 Å². The molecule has 2 rings (SSSR count). The summed E-state index contributed by atoms with van der Waals surface area (Å²) in [5.74, 6) is 0.942. The smallest absolute Gasteiger partial charge is 0.00923 e. The van der Waals surface area contributed by atoms with E-state index in [0.717, 1.165) is 12.0 Å². The van der Waals surface area contributed by atoms with Crippen LogP contribution >= 0.6 is 0 Å². The Hall–Kier alpha value is -0.0800. The van der Waals surface area contributed by atoms with Crippen molar-refractivity contribution < 1.29 is 0 Å². The van der Waals surface area contributed by atoms with Crippen LogP contribution in [0.3, 0.4) is 0 Å². The van der Waals surface area contributed by atoms with E-state index < -0.39 is 0 Å². The van der Waals surface area contributed by atoms with Gasteiger partial charge in [-0.25, -0.2) is 0 Å². The third-order valence-electron chi connectivity index (χ3n) is 5.70. The minimum atomic E-state index is 0.860. The summed E-state index contributed by atoms with van der Waals surface area (Å²) in [7, 11) is 2.40. The highest BCUT2D eigenvalue weighted by atomic mass is 15.1. The number of piperidine rings is 1. The average Bonchev–Trinajstić information content (AvgIpc) is 2.49. The fourth-order valence-electron chi connectivity index (χ4n) is 4.20. The molecular formula is C19H38N2. The highest BCUT2D eigenvalue weighted by Crippen LogP contribution is 2.22. The zero-order valence-electron chi connectivity index (χ0n) is 14.4. The van der Waals surface area contributed by atoms with Crippen LogP contribution in [0.15, 0.2) is 0 Å². The molecule has 0 aromatic rings. The Bertz CT molecular complexity index is 236. The molecule has 1 aliphatic heterocycles. The Morgan fingerprint density at radius 2 is 1.19 bits per heavy atom. The maximum atomic E-state index is 3.50. The third kappa shape index (κ3) is 7.15. The van der Waals surface area contributed by atoms with Gasteiger partial charge in [0.1, 0.15) is 0 Å². The van der Waals surface area contributed by atoms with Gasteiger partial charge < -0.3 is 10.2 Å². The SMILES string of the molecule is CN(CC1CCNCC1)C1CCCCCCCCCCC1. The topological polar surface area (TPSA) is 15.3 Å². The monoisotopic (exact) mass is 294 g/mol. The Morgan fingerprint density at radius 1 is 0.714 bits per heavy atom. The molecule has 1 N–H and O–H groups in total. The van der Waals surface area contributed by atoms with E-state index >= 15 is 0 Å². The Labute approximate surface area is 133 Å². The first-order chi connectivity index (χ1) is 10.4. The summed E-state index contributed by atoms with van der Waals surface area (Å²) in [6.07, 6.45) is 18.9. The van der Waals surface area contributed by atoms with Crippen LogP contribution in [0.5, 0.6) is 0 Å². The lowest BCUT2D eigenvalue weighted by molar-refractivity contribution is 0.165. The molecule has 0 unspecified atom stereocenters. The van der Waals surface area contributed by atoms with Crippen molar-refractivity contribution in [1.29, 1.82) is 0 Å². The van der Waals surface area contributed by atoms with E-state index in [2.05, 4.69) is 17.3 Å². The number of nitrogens with zero attached hydrogens (tertiary/aromatic N) is 1. The molecule has 0 bridgehead atoms. The van der Waals surface area contributed by atoms with Gasteiger partial charge in [-0.15, -0.1) is 0 Å². The van der Waals surface area contributed by atoms with Crippen molar-refractivity contribution in [3.63, 3.8) is 0 Å². The van der Waals surface area contributed by atoms with Crippen LogP contribution in [0.25, 0.3) is 0 Å². The quantitative estimate of drug-likeness (QED) is 0.819. The zero-order valence-corrected chi connectivity index (χ0v) is 14.4. The molecule has 0 amide bonds. The fraction of sp³-hybridized carbons (Fsp3) is 1.00. The molecule has 2 aliphatic rings. The van der Waals surface area contributed by atoms with Gasteiger partial charge in [0.25, 0.3) is 0 Å². The summed E-state index contributed by atoms with van der Waals surface area (Å²) in [6, 6.07) is 0.860. The summed E-state index contributed by atoms with van der Waals surface area (Å²) in [5, 5.41) is 3.50. The zero-order chi connectivity index (χ0) is 14.8. The summed E-state index contributed by atoms with van der Waals surface area (Å²) in [4.78, 5) is 2.72. The van der Waals surface area contributed by atoms with Crippen molar-refractivity contribution in [2.24, 2.45) is 5.92 Å². The lowest BCUT2D eigenvalue weighted by Gasteiger charge is -2.33. The van der Waals surface area contributed by atoms with E-state index in [-0.39, 0.29) is 0 Å². The van der Waals surface area contributed by atoms with Gasteiger partial charge in [-0.05, 0) is 51.7 Å². The second kappa shape index (κ2) is 10.6. The third-order valence-corrected chi connectivity index (χ3v) is 5.70. The molecule has 2 heteroatoms. The minimum Gasteiger partial charge on any atom is -0.317 e. The van der Waals surface area contributed by atoms with Crippen molar-refractivity contribution in [2.75, 3.05) is 26.7 Å². The predicted molar refractivity (Wildman–Crippen MR) is 92.8 cm³/mol. The molecule has 1 saturated carbocycles. The lowest BCUT2D eigenvalue weighted by Crippen LogP contribution is -2.39. The minimum absolute atomic E-state index is 0.860. The number of hydrogen-bond donors (Lipinski definition) is 1. The van der Waals surface area contributed by atoms with Crippen molar-refractivity contribution in [1.82, 2.24) is 10.2 Å². The number of hydrogen-bond acceptors (Lipinski definition) is 2. The molecule has 21 heavy (non-hydrogen) atoms. The first kappa shape index (κ1) is 17.3. The van der Waals surface area contributed by atoms with Gasteiger partial charge in [0, 0.05) is 12.6 Å². The second-order valence-corrected chi connectivity index (χ2v) is 7.55. The van der Waals surface area contributed by atoms with Crippen molar-refractivity contribution >= 4 is 0 Å². The maximum absolute atomic E-state index is 3.50. The average molecular weight is 295 g/mol. The normalized spacial score (nSPS) is 25.4. The van der Waals surface area contributed by atoms with Gasteiger partial charge in [0.15, 0.2) is 0 Å². The lowest BCUT2D eigenvalue weighted by atomic mass is 9.94. The van der Waals surface area contributed by atoms with Crippen molar-refractivity contribution in [3.05, 3.63) is 0 Å². The van der Waals surface area contributed by atoms with Crippen molar-refractivity contribution in [3.8, 4) is 0 Å². The highest BCUT2D eigenvalue weighted by molar-refractivity contribution is 4.76. The van der Waals surface area contributed by atoms with Crippen LogP contribution in [0.1, 0.15) is 83.5 Å². The van der Waals surface area contributed by atoms with E-state index in [0.29, 0.717) is 0 Å². The van der Waals surface area contributed by atoms with E-state index in [1.54, 1.807) is 0 Å². The van der Waals surface area contributed by atoms with Crippen LogP contribution in [-0.2, 0) is 0 Å². The van der Waals surface area contributed by atoms with Crippen LogP contribution in [-0.4, -0.2) is 37.6 Å². The molecular weight excluding hydrogens is 256 g/mol. The first-order valence-electron chi connectivity index (χ1n) is 9.77. The molecule has 0 aromatic carbocycles. The number of rotatable bonds is 3. The van der Waals surface area contributed by atoms with Gasteiger partial charge in [-0.2, -0.15) is 0 Å². The van der Waals surface area contributed by atoms with Gasteiger partial charge in [0.05, 0.1) is 0 Å². The van der Waals surface area contributed by atoms with Crippen LogP contribution in [0.4, 0.5) is 0 Å². The Balaban J connectivity index is 1.75. The van der Waals surface area contributed by atoms with Gasteiger partial charge in [-0.1, -0.05) is 57.8 Å². The molecule has 0 radical (unpaired) electrons. The van der Waals surface area contributed by atoms with Gasteiger partial charge >= 0.3 is 0 Å². The second-order valence-electron chi connectivity index (χ2n) is 7.55. The Kier molecular flexibility index (Phi) is 8.73. The largest absolute Gasteiger partial charge is 0.317 e. The molecule has 1 saturated heterocycles. The molecule has 0 spiro atoms. The van der Waals surface area contributed by atoms with E-state index in [1.807, 2.05) is 0 Å². The molecule has 1 heterocycles. The maximum Gasteiger partial charge on any atom is 0.00923 e. The molecule has 2 nitrogen and oxygen atoms in total.